The lowest BCUT2D eigenvalue weighted by atomic mass is 9.84. The zero-order chi connectivity index (χ0) is 17.6. The van der Waals surface area contributed by atoms with E-state index < -0.39 is 21.7 Å². The Hall–Kier alpha value is -0.660. The number of carbonyl (C=O) groups excluding carboxylic acids is 1. The van der Waals surface area contributed by atoms with E-state index in [1.54, 1.807) is 0 Å². The molecular formula is C17H33N3O3S. The van der Waals surface area contributed by atoms with Gasteiger partial charge in [0.2, 0.25) is 15.9 Å². The van der Waals surface area contributed by atoms with Crippen molar-refractivity contribution in [1.29, 1.82) is 0 Å². The first-order valence-electron chi connectivity index (χ1n) is 9.39. The van der Waals surface area contributed by atoms with E-state index in [4.69, 9.17) is 5.73 Å². The summed E-state index contributed by atoms with van der Waals surface area (Å²) < 4.78 is 27.2. The van der Waals surface area contributed by atoms with Crippen LogP contribution in [-0.4, -0.2) is 38.7 Å². The lowest BCUT2D eigenvalue weighted by molar-refractivity contribution is -0.119. The van der Waals surface area contributed by atoms with Gasteiger partial charge in [-0.25, -0.2) is 13.1 Å². The van der Waals surface area contributed by atoms with E-state index in [-0.39, 0.29) is 12.1 Å². The molecule has 0 aliphatic heterocycles. The summed E-state index contributed by atoms with van der Waals surface area (Å²) in [7, 11) is -3.59. The van der Waals surface area contributed by atoms with Crippen molar-refractivity contribution >= 4 is 15.9 Å². The van der Waals surface area contributed by atoms with Crippen LogP contribution < -0.4 is 15.8 Å². The van der Waals surface area contributed by atoms with Crippen molar-refractivity contribution < 1.29 is 13.2 Å². The minimum atomic E-state index is -3.59. The third kappa shape index (κ3) is 6.33. The monoisotopic (exact) mass is 359 g/mol. The first-order valence-corrected chi connectivity index (χ1v) is 11.0. The third-order valence-corrected chi connectivity index (χ3v) is 6.84. The van der Waals surface area contributed by atoms with E-state index in [9.17, 15) is 13.2 Å². The molecule has 1 unspecified atom stereocenters. The summed E-state index contributed by atoms with van der Waals surface area (Å²) in [6, 6.07) is -0.133. The van der Waals surface area contributed by atoms with Crippen molar-refractivity contribution in [3.05, 3.63) is 0 Å². The molecule has 6 nitrogen and oxygen atoms in total. The molecule has 7 heteroatoms. The number of sulfonamides is 1. The number of carbonyl (C=O) groups is 1. The van der Waals surface area contributed by atoms with Crippen molar-refractivity contribution in [3.8, 4) is 0 Å². The SMILES string of the molecule is CC1CCC(NS(=O)(=O)CC(=O)NC(CN)C2CCCCC2)CC1. The Bertz CT molecular complexity index is 495. The molecule has 1 atom stereocenters. The van der Waals surface area contributed by atoms with E-state index in [1.807, 2.05) is 0 Å². The second-order valence-electron chi connectivity index (χ2n) is 7.64. The molecule has 0 bridgehead atoms. The summed E-state index contributed by atoms with van der Waals surface area (Å²) in [5.74, 6) is 0.105. The molecule has 0 aromatic rings. The molecule has 2 aliphatic rings. The minimum Gasteiger partial charge on any atom is -0.351 e. The topological polar surface area (TPSA) is 101 Å². The van der Waals surface area contributed by atoms with Crippen LogP contribution in [0, 0.1) is 11.8 Å². The van der Waals surface area contributed by atoms with Gasteiger partial charge in [-0.1, -0.05) is 26.2 Å². The van der Waals surface area contributed by atoms with Crippen LogP contribution in [0.5, 0.6) is 0 Å². The molecule has 0 aromatic carbocycles. The van der Waals surface area contributed by atoms with E-state index in [0.717, 1.165) is 51.4 Å². The number of nitrogens with two attached hydrogens (primary N) is 1. The Morgan fingerprint density at radius 1 is 1.08 bits per heavy atom. The Morgan fingerprint density at radius 2 is 1.71 bits per heavy atom. The first kappa shape index (κ1) is 19.7. The highest BCUT2D eigenvalue weighted by molar-refractivity contribution is 7.90. The second kappa shape index (κ2) is 9.15. The fraction of sp³-hybridized carbons (Fsp3) is 0.941. The number of nitrogens with one attached hydrogen (secondary N) is 2. The standard InChI is InChI=1S/C17H33N3O3S/c1-13-7-9-15(10-8-13)20-24(22,23)12-17(21)19-16(11-18)14-5-3-2-4-6-14/h13-16,20H,2-12,18H2,1H3,(H,19,21). The van der Waals surface area contributed by atoms with Gasteiger partial charge in [0.05, 0.1) is 0 Å². The molecule has 2 rings (SSSR count). The van der Waals surface area contributed by atoms with E-state index >= 15 is 0 Å². The van der Waals surface area contributed by atoms with Crippen molar-refractivity contribution in [2.45, 2.75) is 76.8 Å². The number of hydrogen-bond acceptors (Lipinski definition) is 4. The molecule has 2 aliphatic carbocycles. The molecule has 2 saturated carbocycles. The Balaban J connectivity index is 1.80. The summed E-state index contributed by atoms with van der Waals surface area (Å²) >= 11 is 0. The van der Waals surface area contributed by atoms with E-state index in [2.05, 4.69) is 17.0 Å². The maximum atomic E-state index is 12.2. The lowest BCUT2D eigenvalue weighted by Crippen LogP contribution is -2.49. The molecule has 0 spiro atoms. The molecule has 24 heavy (non-hydrogen) atoms. The van der Waals surface area contributed by atoms with Crippen LogP contribution >= 0.6 is 0 Å². The average molecular weight is 360 g/mol. The molecule has 0 aromatic heterocycles. The van der Waals surface area contributed by atoms with Crippen molar-refractivity contribution in [2.75, 3.05) is 12.3 Å². The largest absolute Gasteiger partial charge is 0.351 e. The van der Waals surface area contributed by atoms with Gasteiger partial charge in [-0.2, -0.15) is 0 Å². The van der Waals surface area contributed by atoms with Crippen LogP contribution in [0.25, 0.3) is 0 Å². The smallest absolute Gasteiger partial charge is 0.236 e. The number of amides is 1. The van der Waals surface area contributed by atoms with Crippen molar-refractivity contribution in [2.24, 2.45) is 17.6 Å². The zero-order valence-electron chi connectivity index (χ0n) is 14.8. The highest BCUT2D eigenvalue weighted by Gasteiger charge is 2.28. The summed E-state index contributed by atoms with van der Waals surface area (Å²) in [5, 5.41) is 2.85. The highest BCUT2D eigenvalue weighted by atomic mass is 32.2. The molecule has 2 fully saturated rings. The third-order valence-electron chi connectivity index (χ3n) is 5.50. The molecular weight excluding hydrogens is 326 g/mol. The fourth-order valence-electron chi connectivity index (χ4n) is 4.00. The summed E-state index contributed by atoms with van der Waals surface area (Å²) in [6.07, 6.45) is 9.48. The van der Waals surface area contributed by atoms with Gasteiger partial charge < -0.3 is 11.1 Å². The van der Waals surface area contributed by atoms with Crippen LogP contribution in [-0.2, 0) is 14.8 Å². The van der Waals surface area contributed by atoms with Gasteiger partial charge in [-0.3, -0.25) is 4.79 Å². The van der Waals surface area contributed by atoms with E-state index in [1.165, 1.54) is 6.42 Å². The van der Waals surface area contributed by atoms with Crippen molar-refractivity contribution in [3.63, 3.8) is 0 Å². The normalized spacial score (nSPS) is 27.6. The maximum Gasteiger partial charge on any atom is 0.236 e. The Morgan fingerprint density at radius 3 is 2.29 bits per heavy atom. The lowest BCUT2D eigenvalue weighted by Gasteiger charge is -2.30. The van der Waals surface area contributed by atoms with Crippen LogP contribution in [0.1, 0.15) is 64.7 Å². The Labute approximate surface area is 146 Å². The van der Waals surface area contributed by atoms with Gasteiger partial charge in [0, 0.05) is 18.6 Å². The van der Waals surface area contributed by atoms with Gasteiger partial charge in [0.15, 0.2) is 0 Å². The summed E-state index contributed by atoms with van der Waals surface area (Å²) in [5.41, 5.74) is 5.80. The van der Waals surface area contributed by atoms with Crippen LogP contribution in [0.15, 0.2) is 0 Å². The quantitative estimate of drug-likeness (QED) is 0.641. The average Bonchev–Trinajstić information content (AvgIpc) is 2.55. The molecule has 0 saturated heterocycles. The van der Waals surface area contributed by atoms with Crippen molar-refractivity contribution in [1.82, 2.24) is 10.0 Å². The predicted octanol–water partition coefficient (Wildman–Crippen LogP) is 1.51. The summed E-state index contributed by atoms with van der Waals surface area (Å²) in [6.45, 7) is 2.56. The number of rotatable bonds is 7. The summed E-state index contributed by atoms with van der Waals surface area (Å²) in [4.78, 5) is 12.2. The van der Waals surface area contributed by atoms with Crippen LogP contribution in [0.3, 0.4) is 0 Å². The van der Waals surface area contributed by atoms with Crippen LogP contribution in [0.4, 0.5) is 0 Å². The zero-order valence-corrected chi connectivity index (χ0v) is 15.6. The van der Waals surface area contributed by atoms with Gasteiger partial charge in [-0.05, 0) is 50.4 Å². The fourth-order valence-corrected chi connectivity index (χ4v) is 5.26. The van der Waals surface area contributed by atoms with Gasteiger partial charge in [0.1, 0.15) is 5.75 Å². The molecule has 0 radical (unpaired) electrons. The molecule has 140 valence electrons. The molecule has 0 heterocycles. The van der Waals surface area contributed by atoms with Gasteiger partial charge in [-0.15, -0.1) is 0 Å². The van der Waals surface area contributed by atoms with Gasteiger partial charge in [0.25, 0.3) is 0 Å². The molecule has 1 amide bonds. The maximum absolute atomic E-state index is 12.2. The first-order chi connectivity index (χ1) is 11.4. The van der Waals surface area contributed by atoms with Gasteiger partial charge >= 0.3 is 0 Å². The van der Waals surface area contributed by atoms with E-state index in [0.29, 0.717) is 18.4 Å². The highest BCUT2D eigenvalue weighted by Crippen LogP contribution is 2.26. The molecule has 4 N–H and O–H groups in total. The minimum absolute atomic E-state index is 0.0253. The van der Waals surface area contributed by atoms with Crippen LogP contribution in [0.2, 0.25) is 0 Å². The Kier molecular flexibility index (Phi) is 7.50. The predicted molar refractivity (Wildman–Crippen MR) is 95.9 cm³/mol. The second-order valence-corrected chi connectivity index (χ2v) is 9.40. The number of hydrogen-bond donors (Lipinski definition) is 3.